The number of rotatable bonds is 7. The van der Waals surface area contributed by atoms with E-state index in [1.807, 2.05) is 6.07 Å². The van der Waals surface area contributed by atoms with Gasteiger partial charge in [-0.25, -0.2) is 0 Å². The minimum atomic E-state index is -0.0658. The summed E-state index contributed by atoms with van der Waals surface area (Å²) in [5.41, 5.74) is 0.600. The van der Waals surface area contributed by atoms with Gasteiger partial charge in [-0.15, -0.1) is 0 Å². The van der Waals surface area contributed by atoms with Gasteiger partial charge in [0.15, 0.2) is 11.5 Å². The zero-order valence-corrected chi connectivity index (χ0v) is 14.4. The number of hydrogen-bond acceptors (Lipinski definition) is 4. The molecule has 5 heteroatoms. The highest BCUT2D eigenvalue weighted by atomic mass is 16.5. The predicted molar refractivity (Wildman–Crippen MR) is 91.3 cm³/mol. The summed E-state index contributed by atoms with van der Waals surface area (Å²) in [6.45, 7) is 5.90. The van der Waals surface area contributed by atoms with Gasteiger partial charge in [0, 0.05) is 17.6 Å². The van der Waals surface area contributed by atoms with Gasteiger partial charge in [0.25, 0.3) is 5.91 Å². The Bertz CT molecular complexity index is 519. The van der Waals surface area contributed by atoms with Gasteiger partial charge in [-0.05, 0) is 50.9 Å². The number of benzene rings is 1. The SMILES string of the molecule is CCCCOc1ccc(C(=O)NC2CCCNC2C)cc1OC. The largest absolute Gasteiger partial charge is 0.493 e. The molecule has 2 atom stereocenters. The summed E-state index contributed by atoms with van der Waals surface area (Å²) < 4.78 is 11.1. The van der Waals surface area contributed by atoms with Crippen molar-refractivity contribution in [3.63, 3.8) is 0 Å². The van der Waals surface area contributed by atoms with E-state index < -0.39 is 0 Å². The summed E-state index contributed by atoms with van der Waals surface area (Å²) in [6, 6.07) is 5.82. The number of hydrogen-bond donors (Lipinski definition) is 2. The number of amides is 1. The summed E-state index contributed by atoms with van der Waals surface area (Å²) in [5.74, 6) is 1.22. The van der Waals surface area contributed by atoms with Crippen LogP contribution in [0.3, 0.4) is 0 Å². The normalized spacial score (nSPS) is 20.8. The average molecular weight is 320 g/mol. The van der Waals surface area contributed by atoms with Crippen LogP contribution in [0, 0.1) is 0 Å². The maximum Gasteiger partial charge on any atom is 0.251 e. The molecule has 1 aromatic rings. The Hall–Kier alpha value is -1.75. The van der Waals surface area contributed by atoms with Gasteiger partial charge in [0.1, 0.15) is 0 Å². The highest BCUT2D eigenvalue weighted by Gasteiger charge is 2.23. The van der Waals surface area contributed by atoms with Crippen molar-refractivity contribution in [2.75, 3.05) is 20.3 Å². The molecule has 0 aliphatic carbocycles. The summed E-state index contributed by atoms with van der Waals surface area (Å²) in [6.07, 6.45) is 4.17. The number of piperidine rings is 1. The van der Waals surface area contributed by atoms with Crippen molar-refractivity contribution in [1.29, 1.82) is 0 Å². The quantitative estimate of drug-likeness (QED) is 0.759. The maximum absolute atomic E-state index is 12.5. The number of nitrogens with one attached hydrogen (secondary N) is 2. The topological polar surface area (TPSA) is 59.6 Å². The van der Waals surface area contributed by atoms with Crippen molar-refractivity contribution in [3.05, 3.63) is 23.8 Å². The van der Waals surface area contributed by atoms with Gasteiger partial charge >= 0.3 is 0 Å². The van der Waals surface area contributed by atoms with Crippen LogP contribution < -0.4 is 20.1 Å². The van der Waals surface area contributed by atoms with Crippen molar-refractivity contribution >= 4 is 5.91 Å². The van der Waals surface area contributed by atoms with Gasteiger partial charge in [-0.2, -0.15) is 0 Å². The summed E-state index contributed by atoms with van der Waals surface area (Å²) >= 11 is 0. The van der Waals surface area contributed by atoms with E-state index in [0.717, 1.165) is 32.2 Å². The lowest BCUT2D eigenvalue weighted by molar-refractivity contribution is 0.0919. The smallest absolute Gasteiger partial charge is 0.251 e. The van der Waals surface area contributed by atoms with E-state index in [1.165, 1.54) is 0 Å². The van der Waals surface area contributed by atoms with Crippen LogP contribution in [0.5, 0.6) is 11.5 Å². The van der Waals surface area contributed by atoms with E-state index >= 15 is 0 Å². The number of carbonyl (C=O) groups excluding carboxylic acids is 1. The fourth-order valence-corrected chi connectivity index (χ4v) is 2.75. The van der Waals surface area contributed by atoms with Gasteiger partial charge in [0.05, 0.1) is 13.7 Å². The first kappa shape index (κ1) is 17.6. The predicted octanol–water partition coefficient (Wildman–Crippen LogP) is 2.74. The molecule has 0 saturated carbocycles. The zero-order valence-electron chi connectivity index (χ0n) is 14.4. The molecule has 128 valence electrons. The zero-order chi connectivity index (χ0) is 16.7. The van der Waals surface area contributed by atoms with Crippen molar-refractivity contribution in [2.24, 2.45) is 0 Å². The molecule has 23 heavy (non-hydrogen) atoms. The van der Waals surface area contributed by atoms with Gasteiger partial charge < -0.3 is 20.1 Å². The summed E-state index contributed by atoms with van der Waals surface area (Å²) in [5, 5.41) is 6.50. The van der Waals surface area contributed by atoms with Crippen molar-refractivity contribution < 1.29 is 14.3 Å². The molecule has 5 nitrogen and oxygen atoms in total. The molecule has 1 aliphatic heterocycles. The number of unbranched alkanes of at least 4 members (excludes halogenated alkanes) is 1. The van der Waals surface area contributed by atoms with Crippen molar-refractivity contribution in [1.82, 2.24) is 10.6 Å². The molecule has 1 amide bonds. The molecular weight excluding hydrogens is 292 g/mol. The Balaban J connectivity index is 2.02. The van der Waals surface area contributed by atoms with E-state index in [0.29, 0.717) is 29.7 Å². The van der Waals surface area contributed by atoms with Gasteiger partial charge in [0.2, 0.25) is 0 Å². The Labute approximate surface area is 138 Å². The Morgan fingerprint density at radius 1 is 1.39 bits per heavy atom. The van der Waals surface area contributed by atoms with Gasteiger partial charge in [-0.3, -0.25) is 4.79 Å². The lowest BCUT2D eigenvalue weighted by Crippen LogP contribution is -2.51. The van der Waals surface area contributed by atoms with Crippen molar-refractivity contribution in [2.45, 2.75) is 51.6 Å². The van der Waals surface area contributed by atoms with E-state index in [1.54, 1.807) is 19.2 Å². The van der Waals surface area contributed by atoms with E-state index in [9.17, 15) is 4.79 Å². The fraction of sp³-hybridized carbons (Fsp3) is 0.611. The lowest BCUT2D eigenvalue weighted by atomic mass is 9.99. The highest BCUT2D eigenvalue weighted by molar-refractivity contribution is 5.95. The van der Waals surface area contributed by atoms with Crippen molar-refractivity contribution in [3.8, 4) is 11.5 Å². The molecule has 0 spiro atoms. The Morgan fingerprint density at radius 2 is 2.22 bits per heavy atom. The van der Waals surface area contributed by atoms with E-state index in [-0.39, 0.29) is 11.9 Å². The van der Waals surface area contributed by atoms with Crippen LogP contribution in [0.25, 0.3) is 0 Å². The van der Waals surface area contributed by atoms with Crippen LogP contribution in [0.4, 0.5) is 0 Å². The van der Waals surface area contributed by atoms with E-state index in [2.05, 4.69) is 24.5 Å². The Morgan fingerprint density at radius 3 is 2.91 bits per heavy atom. The molecule has 2 rings (SSSR count). The molecule has 2 unspecified atom stereocenters. The third kappa shape index (κ3) is 4.86. The highest BCUT2D eigenvalue weighted by Crippen LogP contribution is 2.28. The Kier molecular flexibility index (Phi) is 6.71. The molecule has 0 radical (unpaired) electrons. The first-order valence-electron chi connectivity index (χ1n) is 8.50. The summed E-state index contributed by atoms with van der Waals surface area (Å²) in [4.78, 5) is 12.5. The number of carbonyl (C=O) groups is 1. The molecule has 0 aromatic heterocycles. The molecule has 1 heterocycles. The first-order chi connectivity index (χ1) is 11.2. The molecule has 1 saturated heterocycles. The molecular formula is C18H28N2O3. The summed E-state index contributed by atoms with van der Waals surface area (Å²) in [7, 11) is 1.59. The molecule has 1 fully saturated rings. The average Bonchev–Trinajstić information content (AvgIpc) is 2.57. The van der Waals surface area contributed by atoms with E-state index in [4.69, 9.17) is 9.47 Å². The third-order valence-electron chi connectivity index (χ3n) is 4.26. The molecule has 2 N–H and O–H groups in total. The maximum atomic E-state index is 12.5. The lowest BCUT2D eigenvalue weighted by Gasteiger charge is -2.30. The standard InChI is InChI=1S/C18H28N2O3/c1-4-5-11-23-16-9-8-14(12-17(16)22-3)18(21)20-15-7-6-10-19-13(15)2/h8-9,12-13,15,19H,4-7,10-11H2,1-3H3,(H,20,21). The first-order valence-corrected chi connectivity index (χ1v) is 8.50. The third-order valence-corrected chi connectivity index (χ3v) is 4.26. The minimum Gasteiger partial charge on any atom is -0.493 e. The minimum absolute atomic E-state index is 0.0658. The number of methoxy groups -OCH3 is 1. The second-order valence-corrected chi connectivity index (χ2v) is 6.03. The van der Waals surface area contributed by atoms with Crippen LogP contribution in [0.2, 0.25) is 0 Å². The monoisotopic (exact) mass is 320 g/mol. The number of ether oxygens (including phenoxy) is 2. The second-order valence-electron chi connectivity index (χ2n) is 6.03. The van der Waals surface area contributed by atoms with Crippen LogP contribution in [0.1, 0.15) is 49.9 Å². The van der Waals surface area contributed by atoms with Gasteiger partial charge in [-0.1, -0.05) is 13.3 Å². The van der Waals surface area contributed by atoms with Crippen LogP contribution >= 0.6 is 0 Å². The molecule has 0 bridgehead atoms. The fourth-order valence-electron chi connectivity index (χ4n) is 2.75. The van der Waals surface area contributed by atoms with Crippen LogP contribution in [-0.2, 0) is 0 Å². The van der Waals surface area contributed by atoms with Crippen LogP contribution in [0.15, 0.2) is 18.2 Å². The molecule has 1 aromatic carbocycles. The molecule has 1 aliphatic rings. The van der Waals surface area contributed by atoms with Crippen LogP contribution in [-0.4, -0.2) is 38.3 Å². The second kappa shape index (κ2) is 8.77.